The van der Waals surface area contributed by atoms with Crippen LogP contribution in [0.4, 0.5) is 0 Å². The van der Waals surface area contributed by atoms with Gasteiger partial charge in [-0.15, -0.1) is 0 Å². The topological polar surface area (TPSA) is 77.8 Å². The number of carbonyl (C=O) groups excluding carboxylic acids is 1. The Kier molecular flexibility index (Phi) is 7.70. The van der Waals surface area contributed by atoms with Gasteiger partial charge >= 0.3 is 5.63 Å². The summed E-state index contributed by atoms with van der Waals surface area (Å²) in [5.74, 6) is 1.31. The zero-order valence-corrected chi connectivity index (χ0v) is 18.3. The number of amides is 1. The summed E-state index contributed by atoms with van der Waals surface area (Å²) in [6.45, 7) is 5.10. The molecular formula is C25H29NO5. The van der Waals surface area contributed by atoms with Gasteiger partial charge in [0.05, 0.1) is 13.7 Å². The lowest BCUT2D eigenvalue weighted by Crippen LogP contribution is -2.24. The average Bonchev–Trinajstić information content (AvgIpc) is 2.77. The normalized spacial score (nSPS) is 10.8. The smallest absolute Gasteiger partial charge is 0.339 e. The maximum atomic E-state index is 12.4. The second kappa shape index (κ2) is 10.7. The van der Waals surface area contributed by atoms with Gasteiger partial charge in [0.25, 0.3) is 0 Å². The van der Waals surface area contributed by atoms with E-state index in [0.717, 1.165) is 35.1 Å². The fourth-order valence-corrected chi connectivity index (χ4v) is 3.40. The van der Waals surface area contributed by atoms with Gasteiger partial charge in [-0.25, -0.2) is 4.79 Å². The van der Waals surface area contributed by atoms with Crippen LogP contribution in [0.25, 0.3) is 11.0 Å². The van der Waals surface area contributed by atoms with E-state index in [1.54, 1.807) is 13.2 Å². The van der Waals surface area contributed by atoms with E-state index in [1.165, 1.54) is 0 Å². The molecule has 0 radical (unpaired) electrons. The maximum absolute atomic E-state index is 12.4. The van der Waals surface area contributed by atoms with Crippen molar-refractivity contribution in [1.29, 1.82) is 0 Å². The molecule has 0 saturated heterocycles. The number of rotatable bonds is 10. The second-order valence-electron chi connectivity index (χ2n) is 7.48. The first kappa shape index (κ1) is 22.4. The van der Waals surface area contributed by atoms with Crippen LogP contribution < -0.4 is 20.4 Å². The Morgan fingerprint density at radius 1 is 1.13 bits per heavy atom. The lowest BCUT2D eigenvalue weighted by molar-refractivity contribution is -0.121. The van der Waals surface area contributed by atoms with Crippen molar-refractivity contribution in [2.24, 2.45) is 0 Å². The molecule has 6 heteroatoms. The molecule has 0 aliphatic carbocycles. The number of hydrogen-bond donors (Lipinski definition) is 1. The highest BCUT2D eigenvalue weighted by Crippen LogP contribution is 2.24. The molecule has 0 spiro atoms. The van der Waals surface area contributed by atoms with Crippen LogP contribution in [0.5, 0.6) is 11.5 Å². The predicted molar refractivity (Wildman–Crippen MR) is 121 cm³/mol. The second-order valence-corrected chi connectivity index (χ2v) is 7.48. The highest BCUT2D eigenvalue weighted by atomic mass is 16.5. The minimum atomic E-state index is -0.414. The van der Waals surface area contributed by atoms with Crippen LogP contribution in [-0.4, -0.2) is 19.6 Å². The van der Waals surface area contributed by atoms with Crippen LogP contribution >= 0.6 is 0 Å². The number of benzene rings is 2. The quantitative estimate of drug-likeness (QED) is 0.383. The third-order valence-electron chi connectivity index (χ3n) is 5.25. The Hall–Kier alpha value is -3.28. The molecule has 0 unspecified atom stereocenters. The molecule has 1 heterocycles. The van der Waals surface area contributed by atoms with Crippen molar-refractivity contribution < 1.29 is 18.7 Å². The van der Waals surface area contributed by atoms with Crippen LogP contribution in [0.3, 0.4) is 0 Å². The number of methoxy groups -OCH3 is 1. The molecule has 0 saturated carbocycles. The lowest BCUT2D eigenvalue weighted by Gasteiger charge is -2.10. The van der Waals surface area contributed by atoms with Gasteiger partial charge in [0, 0.05) is 30.0 Å². The van der Waals surface area contributed by atoms with E-state index >= 15 is 0 Å². The van der Waals surface area contributed by atoms with Crippen molar-refractivity contribution in [2.45, 2.75) is 46.1 Å². The van der Waals surface area contributed by atoms with Gasteiger partial charge < -0.3 is 19.2 Å². The molecule has 6 nitrogen and oxygen atoms in total. The molecule has 1 amide bonds. The summed E-state index contributed by atoms with van der Waals surface area (Å²) in [5, 5.41) is 3.75. The molecule has 0 aliphatic heterocycles. The first-order chi connectivity index (χ1) is 15.0. The average molecular weight is 424 g/mol. The van der Waals surface area contributed by atoms with Crippen LogP contribution in [0, 0.1) is 6.92 Å². The molecule has 3 rings (SSSR count). The number of nitrogens with one attached hydrogen (secondary N) is 1. The first-order valence-electron chi connectivity index (χ1n) is 10.6. The number of carbonyl (C=O) groups is 1. The third-order valence-corrected chi connectivity index (χ3v) is 5.25. The van der Waals surface area contributed by atoms with Crippen molar-refractivity contribution in [3.8, 4) is 11.5 Å². The number of ether oxygens (including phenoxy) is 2. The first-order valence-corrected chi connectivity index (χ1v) is 10.6. The van der Waals surface area contributed by atoms with E-state index in [-0.39, 0.29) is 12.3 Å². The van der Waals surface area contributed by atoms with E-state index in [2.05, 4.69) is 12.2 Å². The summed E-state index contributed by atoms with van der Waals surface area (Å²) in [6, 6.07) is 13.1. The van der Waals surface area contributed by atoms with Crippen LogP contribution in [0.2, 0.25) is 0 Å². The van der Waals surface area contributed by atoms with Gasteiger partial charge in [0.2, 0.25) is 5.91 Å². The Morgan fingerprint density at radius 3 is 2.74 bits per heavy atom. The van der Waals surface area contributed by atoms with E-state index in [9.17, 15) is 9.59 Å². The van der Waals surface area contributed by atoms with Gasteiger partial charge in [0.15, 0.2) is 0 Å². The van der Waals surface area contributed by atoms with Crippen molar-refractivity contribution in [2.75, 3.05) is 13.7 Å². The van der Waals surface area contributed by atoms with Gasteiger partial charge in [-0.3, -0.25) is 4.79 Å². The van der Waals surface area contributed by atoms with Crippen molar-refractivity contribution in [3.05, 3.63) is 69.6 Å². The Bertz CT molecular complexity index is 1100. The van der Waals surface area contributed by atoms with E-state index in [4.69, 9.17) is 13.9 Å². The summed E-state index contributed by atoms with van der Waals surface area (Å²) in [7, 11) is 1.56. The monoisotopic (exact) mass is 423 g/mol. The van der Waals surface area contributed by atoms with Crippen molar-refractivity contribution >= 4 is 16.9 Å². The summed E-state index contributed by atoms with van der Waals surface area (Å²) < 4.78 is 16.3. The molecule has 3 aromatic rings. The van der Waals surface area contributed by atoms with Gasteiger partial charge in [-0.05, 0) is 55.2 Å². The fourth-order valence-electron chi connectivity index (χ4n) is 3.40. The summed E-state index contributed by atoms with van der Waals surface area (Å²) >= 11 is 0. The maximum Gasteiger partial charge on any atom is 0.339 e. The highest BCUT2D eigenvalue weighted by Gasteiger charge is 2.13. The van der Waals surface area contributed by atoms with Crippen LogP contribution in [-0.2, 0) is 17.8 Å². The van der Waals surface area contributed by atoms with Gasteiger partial charge in [-0.2, -0.15) is 0 Å². The van der Waals surface area contributed by atoms with E-state index in [1.807, 2.05) is 43.3 Å². The summed E-state index contributed by atoms with van der Waals surface area (Å²) in [5.41, 5.74) is 2.40. The van der Waals surface area contributed by atoms with Crippen molar-refractivity contribution in [3.63, 3.8) is 0 Å². The zero-order chi connectivity index (χ0) is 22.2. The Morgan fingerprint density at radius 2 is 1.97 bits per heavy atom. The predicted octanol–water partition coefficient (Wildman–Crippen LogP) is 4.54. The number of hydrogen-bond acceptors (Lipinski definition) is 5. The van der Waals surface area contributed by atoms with Gasteiger partial charge in [-0.1, -0.05) is 25.5 Å². The molecule has 0 bridgehead atoms. The minimum Gasteiger partial charge on any atom is -0.497 e. The van der Waals surface area contributed by atoms with Crippen molar-refractivity contribution in [1.82, 2.24) is 5.32 Å². The highest BCUT2D eigenvalue weighted by molar-refractivity contribution is 5.82. The third kappa shape index (κ3) is 5.87. The van der Waals surface area contributed by atoms with Crippen LogP contribution in [0.15, 0.2) is 51.7 Å². The molecule has 2 aromatic carbocycles. The summed E-state index contributed by atoms with van der Waals surface area (Å²) in [4.78, 5) is 24.8. The zero-order valence-electron chi connectivity index (χ0n) is 18.3. The largest absolute Gasteiger partial charge is 0.497 e. The molecule has 1 aromatic heterocycles. The Labute approximate surface area is 182 Å². The molecule has 0 fully saturated rings. The number of aryl methyl sites for hydroxylation is 1. The van der Waals surface area contributed by atoms with Crippen LogP contribution in [0.1, 0.15) is 42.9 Å². The molecule has 31 heavy (non-hydrogen) atoms. The standard InChI is InChI=1S/C25H29NO5/c1-4-5-13-30-20-8-6-7-18(14-20)16-26-24(27)12-11-22-17(2)21-10-9-19(29-3)15-23(21)31-25(22)28/h6-10,14-15H,4-5,11-13,16H2,1-3H3,(H,26,27). The number of fused-ring (bicyclic) bond motifs is 1. The van der Waals surface area contributed by atoms with E-state index in [0.29, 0.717) is 36.5 Å². The SMILES string of the molecule is CCCCOc1cccc(CNC(=O)CCc2c(C)c3ccc(OC)cc3oc2=O)c1. The number of unbranched alkanes of at least 4 members (excludes halogenated alkanes) is 1. The summed E-state index contributed by atoms with van der Waals surface area (Å²) in [6.07, 6.45) is 2.62. The lowest BCUT2D eigenvalue weighted by atomic mass is 10.0. The van der Waals surface area contributed by atoms with Gasteiger partial charge in [0.1, 0.15) is 17.1 Å². The minimum absolute atomic E-state index is 0.120. The Balaban J connectivity index is 1.59. The van der Waals surface area contributed by atoms with E-state index < -0.39 is 5.63 Å². The molecule has 0 atom stereocenters. The fraction of sp³-hybridized carbons (Fsp3) is 0.360. The molecule has 164 valence electrons. The molecule has 1 N–H and O–H groups in total. The molecular weight excluding hydrogens is 394 g/mol. The molecule has 0 aliphatic rings.